The molecule has 4 heterocycles. The highest BCUT2D eigenvalue weighted by Gasteiger charge is 2.29. The van der Waals surface area contributed by atoms with Crippen molar-refractivity contribution in [1.29, 1.82) is 0 Å². The Labute approximate surface area is 139 Å². The van der Waals surface area contributed by atoms with Gasteiger partial charge in [0.2, 0.25) is 5.91 Å². The number of hydrogen-bond donors (Lipinski definition) is 1. The van der Waals surface area contributed by atoms with E-state index in [9.17, 15) is 4.79 Å². The molecule has 5 nitrogen and oxygen atoms in total. The minimum Gasteiger partial charge on any atom is -0.373 e. The molecule has 0 saturated carbocycles. The van der Waals surface area contributed by atoms with Gasteiger partial charge in [-0.15, -0.1) is 11.3 Å². The molecular formula is C17H21N3O2S. The molecule has 122 valence electrons. The summed E-state index contributed by atoms with van der Waals surface area (Å²) in [4.78, 5) is 16.1. The second-order valence-corrected chi connectivity index (χ2v) is 7.30. The largest absolute Gasteiger partial charge is 0.373 e. The van der Waals surface area contributed by atoms with Gasteiger partial charge in [-0.1, -0.05) is 0 Å². The van der Waals surface area contributed by atoms with E-state index >= 15 is 0 Å². The molecular weight excluding hydrogens is 310 g/mol. The minimum atomic E-state index is -0.0648. The Hall–Kier alpha value is -1.66. The van der Waals surface area contributed by atoms with Gasteiger partial charge in [-0.3, -0.25) is 9.89 Å². The molecule has 6 heteroatoms. The average molecular weight is 331 g/mol. The van der Waals surface area contributed by atoms with Crippen LogP contribution >= 0.6 is 11.3 Å². The summed E-state index contributed by atoms with van der Waals surface area (Å²) in [6.07, 6.45) is 5.31. The normalized spacial score (nSPS) is 24.4. The summed E-state index contributed by atoms with van der Waals surface area (Å²) >= 11 is 1.77. The van der Waals surface area contributed by atoms with E-state index < -0.39 is 0 Å². The molecule has 2 unspecified atom stereocenters. The Morgan fingerprint density at radius 3 is 3.30 bits per heavy atom. The van der Waals surface area contributed by atoms with E-state index in [2.05, 4.69) is 21.6 Å². The summed E-state index contributed by atoms with van der Waals surface area (Å²) in [6, 6.07) is 4.13. The maximum Gasteiger partial charge on any atom is 0.225 e. The molecule has 1 saturated heterocycles. The molecule has 2 aromatic heterocycles. The van der Waals surface area contributed by atoms with Crippen LogP contribution in [-0.4, -0.2) is 40.7 Å². The van der Waals surface area contributed by atoms with Gasteiger partial charge in [-0.05, 0) is 35.9 Å². The number of carbonyl (C=O) groups excluding carboxylic acids is 1. The molecule has 0 radical (unpaired) electrons. The van der Waals surface area contributed by atoms with Crippen LogP contribution in [-0.2, 0) is 16.0 Å². The third kappa shape index (κ3) is 3.05. The van der Waals surface area contributed by atoms with Gasteiger partial charge in [0.15, 0.2) is 0 Å². The zero-order valence-corrected chi connectivity index (χ0v) is 13.8. The van der Waals surface area contributed by atoms with Crippen molar-refractivity contribution < 1.29 is 9.53 Å². The molecule has 0 bridgehead atoms. The van der Waals surface area contributed by atoms with Gasteiger partial charge in [0.1, 0.15) is 0 Å². The first kappa shape index (κ1) is 14.9. The van der Waals surface area contributed by atoms with Crippen LogP contribution in [0.5, 0.6) is 0 Å². The quantitative estimate of drug-likeness (QED) is 0.941. The first-order valence-corrected chi connectivity index (χ1v) is 9.14. The minimum absolute atomic E-state index is 0.0648. The number of H-pyrrole nitrogens is 1. The number of piperidine rings is 1. The summed E-state index contributed by atoms with van der Waals surface area (Å²) in [5, 5.41) is 9.18. The number of hydrogen-bond acceptors (Lipinski definition) is 4. The summed E-state index contributed by atoms with van der Waals surface area (Å²) in [5.74, 6) is 0.581. The van der Waals surface area contributed by atoms with Crippen LogP contribution < -0.4 is 0 Å². The van der Waals surface area contributed by atoms with E-state index in [0.29, 0.717) is 12.3 Å². The molecule has 0 aliphatic carbocycles. The zero-order chi connectivity index (χ0) is 15.6. The molecule has 2 aliphatic rings. The molecule has 0 spiro atoms. The number of aromatic amines is 1. The predicted molar refractivity (Wildman–Crippen MR) is 88.5 cm³/mol. The third-order valence-corrected chi connectivity index (χ3v) is 5.87. The first-order chi connectivity index (χ1) is 11.3. The standard InChI is InChI=1S/C17H21N3O2S/c21-17(10-15-13-5-9-23-16(13)4-8-22-15)20-7-1-2-12(11-20)14-3-6-18-19-14/h3,5-6,9,12,15H,1-2,4,7-8,10-11H2,(H,18,19). The Morgan fingerprint density at radius 2 is 2.43 bits per heavy atom. The number of nitrogens with one attached hydrogen (secondary N) is 1. The predicted octanol–water partition coefficient (Wildman–Crippen LogP) is 2.88. The lowest BCUT2D eigenvalue weighted by molar-refractivity contribution is -0.135. The molecule has 23 heavy (non-hydrogen) atoms. The van der Waals surface area contributed by atoms with Crippen molar-refractivity contribution in [3.63, 3.8) is 0 Å². The van der Waals surface area contributed by atoms with Gasteiger partial charge in [-0.2, -0.15) is 5.10 Å². The summed E-state index contributed by atoms with van der Waals surface area (Å²) in [6.45, 7) is 2.36. The average Bonchev–Trinajstić information content (AvgIpc) is 3.27. The van der Waals surface area contributed by atoms with Crippen molar-refractivity contribution in [2.75, 3.05) is 19.7 Å². The van der Waals surface area contributed by atoms with Gasteiger partial charge in [0.25, 0.3) is 0 Å². The van der Waals surface area contributed by atoms with E-state index in [1.165, 1.54) is 10.4 Å². The molecule has 1 fully saturated rings. The Kier molecular flexibility index (Phi) is 4.18. The lowest BCUT2D eigenvalue weighted by atomic mass is 9.94. The number of thiophene rings is 1. The second kappa shape index (κ2) is 6.45. The van der Waals surface area contributed by atoms with E-state index in [1.54, 1.807) is 17.5 Å². The zero-order valence-electron chi connectivity index (χ0n) is 13.0. The number of nitrogens with zero attached hydrogens (tertiary/aromatic N) is 2. The number of likely N-dealkylation sites (tertiary alicyclic amines) is 1. The summed E-state index contributed by atoms with van der Waals surface area (Å²) in [7, 11) is 0. The van der Waals surface area contributed by atoms with Crippen LogP contribution in [0.25, 0.3) is 0 Å². The van der Waals surface area contributed by atoms with Crippen LogP contribution in [0, 0.1) is 0 Å². The van der Waals surface area contributed by atoms with Gasteiger partial charge >= 0.3 is 0 Å². The molecule has 2 aliphatic heterocycles. The lowest BCUT2D eigenvalue weighted by Gasteiger charge is -2.33. The highest BCUT2D eigenvalue weighted by Crippen LogP contribution is 2.34. The Bertz CT molecular complexity index is 667. The van der Waals surface area contributed by atoms with Crippen molar-refractivity contribution in [3.8, 4) is 0 Å². The number of ether oxygens (including phenoxy) is 1. The molecule has 1 amide bonds. The number of carbonyl (C=O) groups is 1. The summed E-state index contributed by atoms with van der Waals surface area (Å²) < 4.78 is 5.87. The van der Waals surface area contributed by atoms with Gasteiger partial charge in [0, 0.05) is 42.2 Å². The van der Waals surface area contributed by atoms with Crippen LogP contribution in [0.4, 0.5) is 0 Å². The van der Waals surface area contributed by atoms with Crippen LogP contribution in [0.3, 0.4) is 0 Å². The molecule has 2 aromatic rings. The second-order valence-electron chi connectivity index (χ2n) is 6.30. The topological polar surface area (TPSA) is 58.2 Å². The van der Waals surface area contributed by atoms with Crippen LogP contribution in [0.15, 0.2) is 23.7 Å². The number of rotatable bonds is 3. The SMILES string of the molecule is O=C(CC1OCCc2sccc21)N1CCCC(c2ccn[nH]2)C1. The lowest BCUT2D eigenvalue weighted by Crippen LogP contribution is -2.40. The van der Waals surface area contributed by atoms with Crippen molar-refractivity contribution in [2.45, 2.75) is 37.7 Å². The maximum atomic E-state index is 12.7. The van der Waals surface area contributed by atoms with E-state index in [-0.39, 0.29) is 12.0 Å². The highest BCUT2D eigenvalue weighted by atomic mass is 32.1. The van der Waals surface area contributed by atoms with Crippen molar-refractivity contribution in [3.05, 3.63) is 39.8 Å². The summed E-state index contributed by atoms with van der Waals surface area (Å²) in [5.41, 5.74) is 2.35. The van der Waals surface area contributed by atoms with Crippen LogP contribution in [0.1, 0.15) is 47.4 Å². The molecule has 0 aromatic carbocycles. The van der Waals surface area contributed by atoms with Crippen molar-refractivity contribution in [2.24, 2.45) is 0 Å². The first-order valence-electron chi connectivity index (χ1n) is 8.26. The number of amides is 1. The smallest absolute Gasteiger partial charge is 0.225 e. The molecule has 1 N–H and O–H groups in total. The monoisotopic (exact) mass is 331 g/mol. The third-order valence-electron chi connectivity index (χ3n) is 4.87. The number of fused-ring (bicyclic) bond motifs is 1. The fourth-order valence-electron chi connectivity index (χ4n) is 3.63. The van der Waals surface area contributed by atoms with Gasteiger partial charge in [-0.25, -0.2) is 0 Å². The Balaban J connectivity index is 1.42. The van der Waals surface area contributed by atoms with Gasteiger partial charge in [0.05, 0.1) is 19.1 Å². The van der Waals surface area contributed by atoms with Crippen molar-refractivity contribution in [1.82, 2.24) is 15.1 Å². The van der Waals surface area contributed by atoms with E-state index in [0.717, 1.165) is 44.7 Å². The Morgan fingerprint density at radius 1 is 1.48 bits per heavy atom. The molecule has 2 atom stereocenters. The van der Waals surface area contributed by atoms with Gasteiger partial charge < -0.3 is 9.64 Å². The van der Waals surface area contributed by atoms with Crippen molar-refractivity contribution >= 4 is 17.2 Å². The fraction of sp³-hybridized carbons (Fsp3) is 0.529. The van der Waals surface area contributed by atoms with E-state index in [1.807, 2.05) is 11.0 Å². The maximum absolute atomic E-state index is 12.7. The van der Waals surface area contributed by atoms with Crippen LogP contribution in [0.2, 0.25) is 0 Å². The fourth-order valence-corrected chi connectivity index (χ4v) is 4.55. The number of aromatic nitrogens is 2. The highest BCUT2D eigenvalue weighted by molar-refractivity contribution is 7.10. The molecule has 4 rings (SSSR count). The van der Waals surface area contributed by atoms with E-state index in [4.69, 9.17) is 4.74 Å².